The lowest BCUT2D eigenvalue weighted by molar-refractivity contribution is 0.0690. The molecule has 0 aliphatic heterocycles. The summed E-state index contributed by atoms with van der Waals surface area (Å²) in [5.41, 5.74) is -0.00727. The third kappa shape index (κ3) is 3.07. The molecule has 0 aliphatic carbocycles. The van der Waals surface area contributed by atoms with Gasteiger partial charge < -0.3 is 10.4 Å². The van der Waals surface area contributed by atoms with Crippen LogP contribution < -0.4 is 5.32 Å². The van der Waals surface area contributed by atoms with E-state index < -0.39 is 11.9 Å². The van der Waals surface area contributed by atoms with E-state index in [9.17, 15) is 9.59 Å². The Labute approximate surface area is 124 Å². The first-order valence-corrected chi connectivity index (χ1v) is 6.20. The topological polar surface area (TPSA) is 79.3 Å². The molecule has 0 aliphatic rings. The largest absolute Gasteiger partial charge is 0.477 e. The second-order valence-electron chi connectivity index (χ2n) is 3.76. The van der Waals surface area contributed by atoms with Crippen LogP contribution in [0, 0.1) is 0 Å². The number of carboxylic acid groups (broad SMARTS) is 1. The van der Waals surface area contributed by atoms with Gasteiger partial charge in [-0.1, -0.05) is 35.3 Å². The highest BCUT2D eigenvalue weighted by molar-refractivity contribution is 6.40. The number of amides is 1. The maximum atomic E-state index is 12.0. The highest BCUT2D eigenvalue weighted by Crippen LogP contribution is 2.30. The fourth-order valence-corrected chi connectivity index (χ4v) is 1.97. The zero-order valence-corrected chi connectivity index (χ0v) is 11.4. The minimum Gasteiger partial charge on any atom is -0.477 e. The van der Waals surface area contributed by atoms with Crippen LogP contribution in [0.2, 0.25) is 10.0 Å². The Morgan fingerprint density at radius 1 is 1.00 bits per heavy atom. The van der Waals surface area contributed by atoms with Gasteiger partial charge in [0.15, 0.2) is 0 Å². The molecular weight excluding hydrogens is 303 g/mol. The van der Waals surface area contributed by atoms with E-state index in [2.05, 4.69) is 10.3 Å². The molecule has 0 bridgehead atoms. The number of nitrogens with one attached hydrogen (secondary N) is 1. The van der Waals surface area contributed by atoms with Crippen molar-refractivity contribution in [3.8, 4) is 0 Å². The van der Waals surface area contributed by atoms with E-state index in [-0.39, 0.29) is 27.1 Å². The Morgan fingerprint density at radius 3 is 2.15 bits per heavy atom. The third-order valence-corrected chi connectivity index (χ3v) is 3.03. The first-order valence-electron chi connectivity index (χ1n) is 5.45. The number of carboxylic acids is 1. The molecule has 1 aromatic carbocycles. The van der Waals surface area contributed by atoms with Crippen LogP contribution in [0.15, 0.2) is 36.4 Å². The number of anilines is 1. The minimum atomic E-state index is -1.21. The van der Waals surface area contributed by atoms with E-state index >= 15 is 0 Å². The van der Waals surface area contributed by atoms with Crippen LogP contribution in [-0.2, 0) is 0 Å². The van der Waals surface area contributed by atoms with Crippen LogP contribution in [-0.4, -0.2) is 22.0 Å². The van der Waals surface area contributed by atoms with Crippen LogP contribution in [0.1, 0.15) is 21.0 Å². The Balaban J connectivity index is 2.29. The summed E-state index contributed by atoms with van der Waals surface area (Å²) < 4.78 is 0. The standard InChI is InChI=1S/C13H8Cl2N2O3/c14-7-3-1-4-8(15)11(7)17-12(18)9-5-2-6-10(16-9)13(19)20/h1-6H,(H,17,18)(H,19,20). The molecule has 2 aromatic rings. The lowest BCUT2D eigenvalue weighted by atomic mass is 10.2. The van der Waals surface area contributed by atoms with Crippen LogP contribution in [0.5, 0.6) is 0 Å². The number of aromatic nitrogens is 1. The molecule has 1 amide bonds. The van der Waals surface area contributed by atoms with E-state index in [4.69, 9.17) is 28.3 Å². The lowest BCUT2D eigenvalue weighted by Crippen LogP contribution is -2.16. The minimum absolute atomic E-state index is 0.0408. The quantitative estimate of drug-likeness (QED) is 0.911. The zero-order valence-electron chi connectivity index (χ0n) is 9.93. The summed E-state index contributed by atoms with van der Waals surface area (Å²) in [6.07, 6.45) is 0. The Morgan fingerprint density at radius 2 is 1.55 bits per heavy atom. The SMILES string of the molecule is O=C(O)c1cccc(C(=O)Nc2c(Cl)cccc2Cl)n1. The summed E-state index contributed by atoms with van der Waals surface area (Å²) in [6.45, 7) is 0. The van der Waals surface area contributed by atoms with E-state index in [1.165, 1.54) is 18.2 Å². The van der Waals surface area contributed by atoms with Gasteiger partial charge in [0.2, 0.25) is 0 Å². The molecule has 0 saturated heterocycles. The predicted molar refractivity (Wildman–Crippen MR) is 75.6 cm³/mol. The second kappa shape index (κ2) is 5.90. The van der Waals surface area contributed by atoms with E-state index in [0.29, 0.717) is 0 Å². The van der Waals surface area contributed by atoms with E-state index in [1.807, 2.05) is 0 Å². The molecule has 2 N–H and O–H groups in total. The fourth-order valence-electron chi connectivity index (χ4n) is 1.48. The maximum Gasteiger partial charge on any atom is 0.354 e. The average Bonchev–Trinajstić information content (AvgIpc) is 2.43. The van der Waals surface area contributed by atoms with Crippen molar-refractivity contribution in [1.29, 1.82) is 0 Å². The van der Waals surface area contributed by atoms with Crippen molar-refractivity contribution in [2.24, 2.45) is 0 Å². The first-order chi connectivity index (χ1) is 9.49. The van der Waals surface area contributed by atoms with Crippen molar-refractivity contribution in [2.75, 3.05) is 5.32 Å². The number of hydrogen-bond donors (Lipinski definition) is 2. The van der Waals surface area contributed by atoms with Gasteiger partial charge in [-0.2, -0.15) is 0 Å². The van der Waals surface area contributed by atoms with Crippen molar-refractivity contribution >= 4 is 40.8 Å². The number of benzene rings is 1. The number of nitrogens with zero attached hydrogens (tertiary/aromatic N) is 1. The van der Waals surface area contributed by atoms with Gasteiger partial charge in [0.05, 0.1) is 15.7 Å². The number of aromatic carboxylic acids is 1. The zero-order chi connectivity index (χ0) is 14.7. The Kier molecular flexibility index (Phi) is 4.22. The monoisotopic (exact) mass is 310 g/mol. The molecule has 20 heavy (non-hydrogen) atoms. The Bertz CT molecular complexity index is 669. The highest BCUT2D eigenvalue weighted by atomic mass is 35.5. The molecule has 2 rings (SSSR count). The van der Waals surface area contributed by atoms with Gasteiger partial charge in [0, 0.05) is 0 Å². The number of halogens is 2. The highest BCUT2D eigenvalue weighted by Gasteiger charge is 2.14. The van der Waals surface area contributed by atoms with Crippen molar-refractivity contribution in [2.45, 2.75) is 0 Å². The average molecular weight is 311 g/mol. The van der Waals surface area contributed by atoms with E-state index in [0.717, 1.165) is 0 Å². The Hall–Kier alpha value is -2.11. The maximum absolute atomic E-state index is 12.0. The van der Waals surface area contributed by atoms with Crippen LogP contribution in [0.4, 0.5) is 5.69 Å². The molecule has 7 heteroatoms. The number of hydrogen-bond acceptors (Lipinski definition) is 3. The summed E-state index contributed by atoms with van der Waals surface area (Å²) in [5.74, 6) is -1.81. The summed E-state index contributed by atoms with van der Waals surface area (Å²) in [7, 11) is 0. The van der Waals surface area contributed by atoms with Gasteiger partial charge in [-0.3, -0.25) is 4.79 Å². The molecule has 0 fully saturated rings. The molecular formula is C13H8Cl2N2O3. The predicted octanol–water partition coefficient (Wildman–Crippen LogP) is 3.34. The van der Waals surface area contributed by atoms with Crippen molar-refractivity contribution in [1.82, 2.24) is 4.98 Å². The molecule has 102 valence electrons. The van der Waals surface area contributed by atoms with Crippen LogP contribution in [0.3, 0.4) is 0 Å². The number of carbonyl (C=O) groups is 2. The van der Waals surface area contributed by atoms with Crippen LogP contribution in [0.25, 0.3) is 0 Å². The number of pyridine rings is 1. The number of carbonyl (C=O) groups excluding carboxylic acids is 1. The fraction of sp³-hybridized carbons (Fsp3) is 0. The molecule has 1 heterocycles. The summed E-state index contributed by atoms with van der Waals surface area (Å²) >= 11 is 11.9. The normalized spacial score (nSPS) is 10.1. The van der Waals surface area contributed by atoms with Crippen LogP contribution >= 0.6 is 23.2 Å². The third-order valence-electron chi connectivity index (χ3n) is 2.40. The van der Waals surface area contributed by atoms with Gasteiger partial charge >= 0.3 is 5.97 Å². The molecule has 0 unspecified atom stereocenters. The molecule has 0 atom stereocenters. The van der Waals surface area contributed by atoms with Gasteiger partial charge in [0.1, 0.15) is 11.4 Å². The van der Waals surface area contributed by atoms with Gasteiger partial charge in [-0.25, -0.2) is 9.78 Å². The lowest BCUT2D eigenvalue weighted by Gasteiger charge is -2.08. The molecule has 1 aromatic heterocycles. The summed E-state index contributed by atoms with van der Waals surface area (Å²) in [4.78, 5) is 26.5. The summed E-state index contributed by atoms with van der Waals surface area (Å²) in [5, 5.41) is 11.9. The number of para-hydroxylation sites is 1. The van der Waals surface area contributed by atoms with Gasteiger partial charge in [-0.05, 0) is 24.3 Å². The molecule has 0 radical (unpaired) electrons. The first kappa shape index (κ1) is 14.3. The van der Waals surface area contributed by atoms with E-state index in [1.54, 1.807) is 18.2 Å². The van der Waals surface area contributed by atoms with Crippen molar-refractivity contribution in [3.63, 3.8) is 0 Å². The van der Waals surface area contributed by atoms with Crippen molar-refractivity contribution < 1.29 is 14.7 Å². The molecule has 0 saturated carbocycles. The molecule has 0 spiro atoms. The van der Waals surface area contributed by atoms with Gasteiger partial charge in [-0.15, -0.1) is 0 Å². The second-order valence-corrected chi connectivity index (χ2v) is 4.58. The van der Waals surface area contributed by atoms with Gasteiger partial charge in [0.25, 0.3) is 5.91 Å². The smallest absolute Gasteiger partial charge is 0.354 e. The van der Waals surface area contributed by atoms with Crippen molar-refractivity contribution in [3.05, 3.63) is 57.8 Å². The molecule has 5 nitrogen and oxygen atoms in total. The number of rotatable bonds is 3. The summed E-state index contributed by atoms with van der Waals surface area (Å²) in [6, 6.07) is 8.91.